The summed E-state index contributed by atoms with van der Waals surface area (Å²) < 4.78 is 4.91. The van der Waals surface area contributed by atoms with Gasteiger partial charge in [-0.25, -0.2) is 0 Å². The molecule has 0 saturated heterocycles. The molecule has 0 unspecified atom stereocenters. The Morgan fingerprint density at radius 2 is 1.87 bits per heavy atom. The van der Waals surface area contributed by atoms with Crippen LogP contribution in [0.5, 0.6) is 0 Å². The highest BCUT2D eigenvalue weighted by Gasteiger charge is 2.03. The Morgan fingerprint density at radius 3 is 2.57 bits per heavy atom. The molecular weight excluding hydrogens is 288 g/mol. The number of methoxy groups -OCH3 is 1. The normalized spacial score (nSPS) is 10.3. The summed E-state index contributed by atoms with van der Waals surface area (Å²) in [6.07, 6.45) is 0.391. The quantitative estimate of drug-likeness (QED) is 0.737. The van der Waals surface area contributed by atoms with Crippen LogP contribution in [-0.2, 0) is 22.5 Å². The predicted octanol–water partition coefficient (Wildman–Crippen LogP) is 2.91. The van der Waals surface area contributed by atoms with Crippen LogP contribution in [0.3, 0.4) is 0 Å². The van der Waals surface area contributed by atoms with Crippen molar-refractivity contribution >= 4 is 11.6 Å². The fourth-order valence-electron chi connectivity index (χ4n) is 2.31. The number of nitrogens with one attached hydrogen (secondary N) is 2. The zero-order valence-electron chi connectivity index (χ0n) is 13.8. The first-order valence-corrected chi connectivity index (χ1v) is 7.81. The number of ether oxygens (including phenoxy) is 1. The molecule has 0 heterocycles. The van der Waals surface area contributed by atoms with E-state index in [0.717, 1.165) is 17.8 Å². The van der Waals surface area contributed by atoms with Crippen LogP contribution in [0.4, 0.5) is 5.69 Å². The third-order valence-electron chi connectivity index (χ3n) is 3.53. The number of benzene rings is 2. The summed E-state index contributed by atoms with van der Waals surface area (Å²) in [5.41, 5.74) is 4.57. The van der Waals surface area contributed by atoms with Crippen molar-refractivity contribution in [1.82, 2.24) is 5.32 Å². The number of amides is 1. The van der Waals surface area contributed by atoms with Gasteiger partial charge in [-0.05, 0) is 30.2 Å². The first kappa shape index (κ1) is 17.0. The average Bonchev–Trinajstić information content (AvgIpc) is 2.54. The summed E-state index contributed by atoms with van der Waals surface area (Å²) in [5, 5.41) is 6.21. The number of rotatable bonds is 8. The second-order valence-corrected chi connectivity index (χ2v) is 5.56. The van der Waals surface area contributed by atoms with E-state index in [1.54, 1.807) is 7.11 Å². The molecule has 0 bridgehead atoms. The van der Waals surface area contributed by atoms with Crippen LogP contribution in [0.1, 0.15) is 16.7 Å². The van der Waals surface area contributed by atoms with Crippen molar-refractivity contribution < 1.29 is 9.53 Å². The molecule has 2 N–H and O–H groups in total. The van der Waals surface area contributed by atoms with Crippen molar-refractivity contribution in [1.29, 1.82) is 0 Å². The van der Waals surface area contributed by atoms with E-state index in [1.807, 2.05) is 24.3 Å². The molecule has 2 rings (SSSR count). The number of hydrogen-bond donors (Lipinski definition) is 2. The van der Waals surface area contributed by atoms with Crippen molar-refractivity contribution in [2.24, 2.45) is 0 Å². The first-order valence-electron chi connectivity index (χ1n) is 7.81. The Morgan fingerprint density at radius 1 is 1.09 bits per heavy atom. The minimum absolute atomic E-state index is 0.0162. The lowest BCUT2D eigenvalue weighted by Crippen LogP contribution is -2.28. The summed E-state index contributed by atoms with van der Waals surface area (Å²) in [7, 11) is 1.62. The van der Waals surface area contributed by atoms with Crippen LogP contribution in [0.2, 0.25) is 0 Å². The molecule has 4 heteroatoms. The van der Waals surface area contributed by atoms with Gasteiger partial charge in [-0.15, -0.1) is 0 Å². The Kier molecular flexibility index (Phi) is 6.63. The molecule has 1 amide bonds. The Labute approximate surface area is 137 Å². The van der Waals surface area contributed by atoms with Gasteiger partial charge in [0.25, 0.3) is 0 Å². The number of aryl methyl sites for hydroxylation is 1. The van der Waals surface area contributed by atoms with Gasteiger partial charge in [0.1, 0.15) is 0 Å². The van der Waals surface area contributed by atoms with E-state index in [9.17, 15) is 4.79 Å². The van der Waals surface area contributed by atoms with Crippen molar-refractivity contribution in [3.8, 4) is 0 Å². The maximum Gasteiger partial charge on any atom is 0.224 e. The molecule has 122 valence electrons. The van der Waals surface area contributed by atoms with Gasteiger partial charge in [0.2, 0.25) is 5.91 Å². The van der Waals surface area contributed by atoms with Crippen LogP contribution in [0, 0.1) is 6.92 Å². The lowest BCUT2D eigenvalue weighted by Gasteiger charge is -2.09. The maximum atomic E-state index is 11.7. The minimum Gasteiger partial charge on any atom is -0.383 e. The van der Waals surface area contributed by atoms with Crippen molar-refractivity contribution in [3.63, 3.8) is 0 Å². The average molecular weight is 312 g/mol. The van der Waals surface area contributed by atoms with Crippen LogP contribution in [-0.4, -0.2) is 26.2 Å². The van der Waals surface area contributed by atoms with Crippen LogP contribution in [0.25, 0.3) is 0 Å². The summed E-state index contributed by atoms with van der Waals surface area (Å²) in [6.45, 7) is 3.97. The maximum absolute atomic E-state index is 11.7. The van der Waals surface area contributed by atoms with E-state index in [4.69, 9.17) is 4.74 Å². The monoisotopic (exact) mass is 312 g/mol. The van der Waals surface area contributed by atoms with Gasteiger partial charge in [-0.2, -0.15) is 0 Å². The Bertz CT molecular complexity index is 624. The summed E-state index contributed by atoms with van der Waals surface area (Å²) in [5.74, 6) is 0.0162. The summed E-state index contributed by atoms with van der Waals surface area (Å²) in [6, 6.07) is 16.4. The molecule has 0 radical (unpaired) electrons. The summed E-state index contributed by atoms with van der Waals surface area (Å²) >= 11 is 0. The standard InChI is InChI=1S/C19H24N2O2/c1-15-4-3-5-17(12-15)14-21-18-8-6-16(7-9-18)13-19(22)20-10-11-23-2/h3-9,12,21H,10-11,13-14H2,1-2H3,(H,20,22). The highest BCUT2D eigenvalue weighted by molar-refractivity contribution is 5.78. The smallest absolute Gasteiger partial charge is 0.224 e. The molecule has 0 aliphatic heterocycles. The molecule has 4 nitrogen and oxygen atoms in total. The molecule has 0 saturated carbocycles. The molecule has 0 aromatic heterocycles. The molecule has 0 atom stereocenters. The van der Waals surface area contributed by atoms with Crippen LogP contribution < -0.4 is 10.6 Å². The molecule has 0 aliphatic rings. The zero-order chi connectivity index (χ0) is 16.5. The van der Waals surface area contributed by atoms with Gasteiger partial charge in [-0.3, -0.25) is 4.79 Å². The van der Waals surface area contributed by atoms with Gasteiger partial charge in [-0.1, -0.05) is 42.0 Å². The number of carbonyl (C=O) groups is 1. The van der Waals surface area contributed by atoms with Crippen molar-refractivity contribution in [2.45, 2.75) is 19.9 Å². The van der Waals surface area contributed by atoms with Gasteiger partial charge < -0.3 is 15.4 Å². The third-order valence-corrected chi connectivity index (χ3v) is 3.53. The largest absolute Gasteiger partial charge is 0.383 e. The summed E-state index contributed by atoms with van der Waals surface area (Å²) in [4.78, 5) is 11.7. The Hall–Kier alpha value is -2.33. The molecular formula is C19H24N2O2. The van der Waals surface area contributed by atoms with Crippen molar-refractivity contribution in [3.05, 3.63) is 65.2 Å². The highest BCUT2D eigenvalue weighted by atomic mass is 16.5. The number of carbonyl (C=O) groups excluding carboxylic acids is 1. The molecule has 2 aromatic rings. The molecule has 0 spiro atoms. The van der Waals surface area contributed by atoms with Gasteiger partial charge in [0, 0.05) is 25.9 Å². The second-order valence-electron chi connectivity index (χ2n) is 5.56. The van der Waals surface area contributed by atoms with Crippen LogP contribution in [0.15, 0.2) is 48.5 Å². The van der Waals surface area contributed by atoms with Gasteiger partial charge in [0.15, 0.2) is 0 Å². The predicted molar refractivity (Wildman–Crippen MR) is 93.5 cm³/mol. The second kappa shape index (κ2) is 8.96. The Balaban J connectivity index is 1.81. The van der Waals surface area contributed by atoms with E-state index in [1.165, 1.54) is 11.1 Å². The lowest BCUT2D eigenvalue weighted by atomic mass is 10.1. The van der Waals surface area contributed by atoms with Crippen molar-refractivity contribution in [2.75, 3.05) is 25.6 Å². The molecule has 23 heavy (non-hydrogen) atoms. The number of hydrogen-bond acceptors (Lipinski definition) is 3. The van der Waals surface area contributed by atoms with Gasteiger partial charge in [0.05, 0.1) is 13.0 Å². The minimum atomic E-state index is 0.0162. The van der Waals surface area contributed by atoms with E-state index < -0.39 is 0 Å². The lowest BCUT2D eigenvalue weighted by molar-refractivity contribution is -0.120. The molecule has 0 aliphatic carbocycles. The SMILES string of the molecule is COCCNC(=O)Cc1ccc(NCc2cccc(C)c2)cc1. The highest BCUT2D eigenvalue weighted by Crippen LogP contribution is 2.12. The third kappa shape index (κ3) is 6.12. The topological polar surface area (TPSA) is 50.4 Å². The molecule has 0 fully saturated rings. The van der Waals surface area contributed by atoms with E-state index in [-0.39, 0.29) is 5.91 Å². The van der Waals surface area contributed by atoms with E-state index >= 15 is 0 Å². The van der Waals surface area contributed by atoms with E-state index in [2.05, 4.69) is 41.8 Å². The van der Waals surface area contributed by atoms with Gasteiger partial charge >= 0.3 is 0 Å². The zero-order valence-corrected chi connectivity index (χ0v) is 13.8. The van der Waals surface area contributed by atoms with E-state index in [0.29, 0.717) is 19.6 Å². The fraction of sp³-hybridized carbons (Fsp3) is 0.316. The van der Waals surface area contributed by atoms with Crippen LogP contribution >= 0.6 is 0 Å². The molecule has 2 aromatic carbocycles. The number of anilines is 1. The fourth-order valence-corrected chi connectivity index (χ4v) is 2.31. The first-order chi connectivity index (χ1) is 11.2.